The van der Waals surface area contributed by atoms with E-state index >= 15 is 4.39 Å². The highest BCUT2D eigenvalue weighted by atomic mass is 35.5. The number of rotatable bonds is 8. The van der Waals surface area contributed by atoms with Crippen LogP contribution in [0.5, 0.6) is 5.75 Å². The second-order valence-corrected chi connectivity index (χ2v) is 11.2. The van der Waals surface area contributed by atoms with E-state index in [0.717, 1.165) is 62.6 Å². The first-order chi connectivity index (χ1) is 20.3. The smallest absolute Gasteiger partial charge is 0.355 e. The molecule has 0 unspecified atom stereocenters. The van der Waals surface area contributed by atoms with Gasteiger partial charge in [0.05, 0.1) is 36.7 Å². The Morgan fingerprint density at radius 2 is 1.90 bits per heavy atom. The zero-order valence-electron chi connectivity index (χ0n) is 25.1. The molecule has 0 fully saturated rings. The number of hydrogen-bond donors (Lipinski definition) is 0. The lowest BCUT2D eigenvalue weighted by Crippen LogP contribution is -2.15. The fourth-order valence-electron chi connectivity index (χ4n) is 6.03. The van der Waals surface area contributed by atoms with Gasteiger partial charge in [-0.05, 0) is 93.8 Å². The molecule has 42 heavy (non-hydrogen) atoms. The average Bonchev–Trinajstić information content (AvgIpc) is 3.43. The highest BCUT2D eigenvalue weighted by Crippen LogP contribution is 2.41. The van der Waals surface area contributed by atoms with Crippen molar-refractivity contribution in [3.05, 3.63) is 68.9 Å². The van der Waals surface area contributed by atoms with Crippen LogP contribution < -0.4 is 4.74 Å². The second kappa shape index (κ2) is 12.9. The Hall–Kier alpha value is -3.36. The maximum Gasteiger partial charge on any atom is 0.355 e. The highest BCUT2D eigenvalue weighted by Gasteiger charge is 2.30. The standard InChI is InChI=1S/C33H39ClFN3O4/c1-6-26-29-27(37(5)36-26)19-40-15-9-8-14-38-31-24(12-13-25(35)28(29)31)23(32(38)33(39)41-7-2)11-10-16-42-22-17-20(3)30(34)21(4)18-22/h12-13,17-18H,6-11,14-16,19H2,1-5H3. The molecule has 5 rings (SSSR count). The van der Waals surface area contributed by atoms with Gasteiger partial charge in [-0.15, -0.1) is 0 Å². The van der Waals surface area contributed by atoms with Crippen molar-refractivity contribution in [2.24, 2.45) is 7.05 Å². The number of hydrogen-bond acceptors (Lipinski definition) is 5. The summed E-state index contributed by atoms with van der Waals surface area (Å²) in [5.74, 6) is 0.0241. The molecule has 0 saturated carbocycles. The van der Waals surface area contributed by atoms with Crippen LogP contribution in [0.3, 0.4) is 0 Å². The molecule has 0 N–H and O–H groups in total. The van der Waals surface area contributed by atoms with Gasteiger partial charge < -0.3 is 18.8 Å². The van der Waals surface area contributed by atoms with Gasteiger partial charge in [0.2, 0.25) is 0 Å². The number of halogens is 2. The SMILES string of the molecule is CCOC(=O)c1c(CCCOc2cc(C)c(Cl)c(C)c2)c2ccc(F)c3c2n1CCCCOCc1c-3c(CC)nn1C. The van der Waals surface area contributed by atoms with E-state index in [1.165, 1.54) is 6.07 Å². The number of ether oxygens (including phenoxy) is 3. The van der Waals surface area contributed by atoms with Crippen LogP contribution in [0.25, 0.3) is 22.0 Å². The first-order valence-corrected chi connectivity index (χ1v) is 15.2. The van der Waals surface area contributed by atoms with Crippen LogP contribution in [0.4, 0.5) is 4.39 Å². The molecule has 7 nitrogen and oxygen atoms in total. The van der Waals surface area contributed by atoms with E-state index in [1.54, 1.807) is 17.7 Å². The highest BCUT2D eigenvalue weighted by molar-refractivity contribution is 6.32. The van der Waals surface area contributed by atoms with Crippen molar-refractivity contribution in [2.75, 3.05) is 19.8 Å². The maximum atomic E-state index is 16.0. The molecule has 1 aliphatic rings. The summed E-state index contributed by atoms with van der Waals surface area (Å²) >= 11 is 6.33. The lowest BCUT2D eigenvalue weighted by Gasteiger charge is -2.14. The second-order valence-electron chi connectivity index (χ2n) is 10.8. The summed E-state index contributed by atoms with van der Waals surface area (Å²) in [6.45, 7) is 9.89. The third-order valence-corrected chi connectivity index (χ3v) is 8.58. The van der Waals surface area contributed by atoms with Crippen molar-refractivity contribution >= 4 is 28.5 Å². The zero-order chi connectivity index (χ0) is 30.0. The fourth-order valence-corrected chi connectivity index (χ4v) is 6.14. The Kier molecular flexibility index (Phi) is 9.23. The number of esters is 1. The van der Waals surface area contributed by atoms with Crippen LogP contribution in [-0.4, -0.2) is 40.1 Å². The predicted molar refractivity (Wildman–Crippen MR) is 163 cm³/mol. The van der Waals surface area contributed by atoms with Gasteiger partial charge >= 0.3 is 5.97 Å². The summed E-state index contributed by atoms with van der Waals surface area (Å²) in [4.78, 5) is 13.6. The van der Waals surface area contributed by atoms with E-state index in [9.17, 15) is 4.79 Å². The minimum atomic E-state index is -0.395. The number of aryl methyl sites for hydroxylation is 6. The Balaban J connectivity index is 1.63. The van der Waals surface area contributed by atoms with Gasteiger partial charge in [-0.25, -0.2) is 9.18 Å². The number of carbonyl (C=O) groups is 1. The van der Waals surface area contributed by atoms with Gasteiger partial charge in [0.15, 0.2) is 0 Å². The molecule has 4 aromatic rings. The van der Waals surface area contributed by atoms with Crippen molar-refractivity contribution < 1.29 is 23.4 Å². The molecule has 0 radical (unpaired) electrons. The summed E-state index contributed by atoms with van der Waals surface area (Å²) in [5, 5.41) is 6.32. The minimum Gasteiger partial charge on any atom is -0.494 e. The van der Waals surface area contributed by atoms with Crippen molar-refractivity contribution in [1.82, 2.24) is 14.3 Å². The molecule has 1 aliphatic heterocycles. The first-order valence-electron chi connectivity index (χ1n) is 14.8. The van der Waals surface area contributed by atoms with Gasteiger partial charge in [-0.1, -0.05) is 18.5 Å². The van der Waals surface area contributed by atoms with E-state index in [-0.39, 0.29) is 12.4 Å². The summed E-state index contributed by atoms with van der Waals surface area (Å²) in [5.41, 5.74) is 6.84. The molecular formula is C33H39ClFN3O4. The Morgan fingerprint density at radius 3 is 2.62 bits per heavy atom. The van der Waals surface area contributed by atoms with Gasteiger partial charge in [0.25, 0.3) is 0 Å². The molecule has 0 atom stereocenters. The predicted octanol–water partition coefficient (Wildman–Crippen LogP) is 7.51. The monoisotopic (exact) mass is 595 g/mol. The van der Waals surface area contributed by atoms with Crippen LogP contribution in [0.1, 0.15) is 71.7 Å². The minimum absolute atomic E-state index is 0.250. The van der Waals surface area contributed by atoms with E-state index in [4.69, 9.17) is 30.9 Å². The van der Waals surface area contributed by atoms with Crippen molar-refractivity contribution in [1.29, 1.82) is 0 Å². The summed E-state index contributed by atoms with van der Waals surface area (Å²) in [7, 11) is 1.87. The molecule has 0 aliphatic carbocycles. The summed E-state index contributed by atoms with van der Waals surface area (Å²) in [6, 6.07) is 7.18. The lowest BCUT2D eigenvalue weighted by molar-refractivity contribution is 0.0512. The molecule has 0 saturated heterocycles. The van der Waals surface area contributed by atoms with Crippen molar-refractivity contribution in [3.8, 4) is 16.9 Å². The third kappa shape index (κ3) is 5.66. The summed E-state index contributed by atoms with van der Waals surface area (Å²) in [6.07, 6.45) is 3.45. The Morgan fingerprint density at radius 1 is 1.14 bits per heavy atom. The van der Waals surface area contributed by atoms with Crippen LogP contribution in [0.2, 0.25) is 5.02 Å². The molecule has 0 amide bonds. The molecule has 2 aromatic carbocycles. The zero-order valence-corrected chi connectivity index (χ0v) is 25.9. The van der Waals surface area contributed by atoms with Crippen LogP contribution in [-0.2, 0) is 42.5 Å². The average molecular weight is 596 g/mol. The van der Waals surface area contributed by atoms with E-state index in [2.05, 4.69) is 0 Å². The van der Waals surface area contributed by atoms with Crippen LogP contribution in [0.15, 0.2) is 24.3 Å². The topological polar surface area (TPSA) is 67.5 Å². The number of fused-ring (bicyclic) bond motifs is 2. The molecule has 2 aromatic heterocycles. The number of carbonyl (C=O) groups excluding carboxylic acids is 1. The molecule has 0 spiro atoms. The molecule has 3 heterocycles. The van der Waals surface area contributed by atoms with Crippen LogP contribution in [0, 0.1) is 19.7 Å². The van der Waals surface area contributed by atoms with Gasteiger partial charge in [-0.2, -0.15) is 5.10 Å². The van der Waals surface area contributed by atoms with Gasteiger partial charge in [-0.3, -0.25) is 4.68 Å². The number of benzene rings is 2. The molecule has 224 valence electrons. The Bertz CT molecular complexity index is 1600. The molecule has 0 bridgehead atoms. The maximum absolute atomic E-state index is 16.0. The molecular weight excluding hydrogens is 557 g/mol. The third-order valence-electron chi connectivity index (χ3n) is 7.98. The quantitative estimate of drug-likeness (QED) is 0.156. The largest absolute Gasteiger partial charge is 0.494 e. The lowest BCUT2D eigenvalue weighted by atomic mass is 9.96. The van der Waals surface area contributed by atoms with Gasteiger partial charge in [0.1, 0.15) is 17.3 Å². The van der Waals surface area contributed by atoms with E-state index in [0.29, 0.717) is 62.4 Å². The van der Waals surface area contributed by atoms with Crippen molar-refractivity contribution in [2.45, 2.75) is 73.0 Å². The normalized spacial score (nSPS) is 13.6. The van der Waals surface area contributed by atoms with E-state index in [1.807, 2.05) is 44.5 Å². The van der Waals surface area contributed by atoms with Crippen LogP contribution >= 0.6 is 11.6 Å². The fraction of sp³-hybridized carbons (Fsp3) is 0.455. The summed E-state index contributed by atoms with van der Waals surface area (Å²) < 4.78 is 37.5. The van der Waals surface area contributed by atoms with E-state index < -0.39 is 5.97 Å². The Labute approximate surface area is 251 Å². The molecule has 9 heteroatoms. The van der Waals surface area contributed by atoms with Gasteiger partial charge in [0, 0.05) is 41.7 Å². The first kappa shape index (κ1) is 30.1. The number of nitrogens with zero attached hydrogens (tertiary/aromatic N) is 3. The number of aromatic nitrogens is 3. The van der Waals surface area contributed by atoms with Crippen molar-refractivity contribution in [3.63, 3.8) is 0 Å².